The molecule has 0 N–H and O–H groups in total. The van der Waals surface area contributed by atoms with Crippen LogP contribution in [0, 0.1) is 6.92 Å². The van der Waals surface area contributed by atoms with E-state index in [1.807, 2.05) is 61.5 Å². The lowest BCUT2D eigenvalue weighted by molar-refractivity contribution is -0.113. The normalized spacial score (nSPS) is 15.0. The van der Waals surface area contributed by atoms with Crippen LogP contribution in [0.5, 0.6) is 5.75 Å². The molecule has 0 atom stereocenters. The van der Waals surface area contributed by atoms with Crippen molar-refractivity contribution in [1.29, 1.82) is 0 Å². The van der Waals surface area contributed by atoms with Gasteiger partial charge in [0.2, 0.25) is 0 Å². The lowest BCUT2D eigenvalue weighted by atomic mass is 10.1. The van der Waals surface area contributed by atoms with Crippen LogP contribution in [0.3, 0.4) is 0 Å². The molecule has 0 saturated carbocycles. The molecule has 1 aliphatic heterocycles. The zero-order valence-corrected chi connectivity index (χ0v) is 21.5. The SMILES string of the molecule is Cc1ccccc1N1C(=O)/C(=C\c2ccc(OCc3ccc(Cl)cc3Cl)c(Br)c2)SC1=S. The summed E-state index contributed by atoms with van der Waals surface area (Å²) in [6.07, 6.45) is 1.84. The number of carbonyl (C=O) groups excluding carboxylic acids is 1. The van der Waals surface area contributed by atoms with E-state index in [2.05, 4.69) is 15.9 Å². The highest BCUT2D eigenvalue weighted by Gasteiger charge is 2.33. The van der Waals surface area contributed by atoms with Gasteiger partial charge in [0.1, 0.15) is 12.4 Å². The van der Waals surface area contributed by atoms with Gasteiger partial charge in [-0.3, -0.25) is 9.69 Å². The number of para-hydroxylation sites is 1. The van der Waals surface area contributed by atoms with Gasteiger partial charge >= 0.3 is 0 Å². The summed E-state index contributed by atoms with van der Waals surface area (Å²) in [6.45, 7) is 2.27. The number of rotatable bonds is 5. The molecule has 1 amide bonds. The van der Waals surface area contributed by atoms with Gasteiger partial charge in [-0.2, -0.15) is 0 Å². The largest absolute Gasteiger partial charge is 0.488 e. The third kappa shape index (κ3) is 5.05. The van der Waals surface area contributed by atoms with Crippen LogP contribution >= 0.6 is 63.1 Å². The molecule has 1 saturated heterocycles. The quantitative estimate of drug-likeness (QED) is 0.231. The fourth-order valence-electron chi connectivity index (χ4n) is 3.16. The Hall–Kier alpha value is -1.83. The van der Waals surface area contributed by atoms with E-state index in [-0.39, 0.29) is 5.91 Å². The maximum Gasteiger partial charge on any atom is 0.270 e. The molecule has 0 bridgehead atoms. The minimum Gasteiger partial charge on any atom is -0.488 e. The summed E-state index contributed by atoms with van der Waals surface area (Å²) in [6, 6.07) is 18.6. The van der Waals surface area contributed by atoms with E-state index in [4.69, 9.17) is 40.2 Å². The second-order valence-electron chi connectivity index (χ2n) is 7.02. The first-order valence-corrected chi connectivity index (χ1v) is 12.3. The smallest absolute Gasteiger partial charge is 0.270 e. The van der Waals surface area contributed by atoms with Crippen molar-refractivity contribution >= 4 is 85.1 Å². The maximum absolute atomic E-state index is 13.0. The lowest BCUT2D eigenvalue weighted by Crippen LogP contribution is -2.28. The molecule has 32 heavy (non-hydrogen) atoms. The fraction of sp³-hybridized carbons (Fsp3) is 0.0833. The van der Waals surface area contributed by atoms with Gasteiger partial charge in [0.25, 0.3) is 5.91 Å². The molecule has 0 aromatic heterocycles. The van der Waals surface area contributed by atoms with Crippen molar-refractivity contribution in [3.63, 3.8) is 0 Å². The van der Waals surface area contributed by atoms with E-state index in [0.717, 1.165) is 26.9 Å². The Balaban J connectivity index is 1.51. The average Bonchev–Trinajstić information content (AvgIpc) is 3.02. The van der Waals surface area contributed by atoms with Crippen LogP contribution in [0.25, 0.3) is 6.08 Å². The van der Waals surface area contributed by atoms with Crippen LogP contribution in [0.1, 0.15) is 16.7 Å². The first kappa shape index (κ1) is 23.3. The standard InChI is InChI=1S/C24H16BrCl2NO2S2/c1-14-4-2-3-5-20(14)28-23(29)22(32-24(28)31)11-15-6-9-21(18(25)10-15)30-13-16-7-8-17(26)12-19(16)27/h2-12H,13H2,1H3/b22-11+. The summed E-state index contributed by atoms with van der Waals surface area (Å²) in [5.41, 5.74) is 3.50. The zero-order valence-electron chi connectivity index (χ0n) is 16.8. The second-order valence-corrected chi connectivity index (χ2v) is 10.4. The third-order valence-electron chi connectivity index (χ3n) is 4.80. The molecule has 3 aromatic carbocycles. The van der Waals surface area contributed by atoms with Crippen molar-refractivity contribution < 1.29 is 9.53 Å². The van der Waals surface area contributed by atoms with Gasteiger partial charge in [-0.1, -0.05) is 77.5 Å². The lowest BCUT2D eigenvalue weighted by Gasteiger charge is -2.16. The Morgan fingerprint density at radius 3 is 2.62 bits per heavy atom. The third-order valence-corrected chi connectivity index (χ3v) is 7.31. The fourth-order valence-corrected chi connectivity index (χ4v) is 5.42. The predicted octanol–water partition coefficient (Wildman–Crippen LogP) is 8.05. The van der Waals surface area contributed by atoms with Gasteiger partial charge in [-0.05, 0) is 70.4 Å². The predicted molar refractivity (Wildman–Crippen MR) is 142 cm³/mol. The van der Waals surface area contributed by atoms with Gasteiger partial charge < -0.3 is 4.74 Å². The average molecular weight is 565 g/mol. The number of aryl methyl sites for hydroxylation is 1. The van der Waals surface area contributed by atoms with E-state index in [1.54, 1.807) is 17.0 Å². The number of anilines is 1. The monoisotopic (exact) mass is 563 g/mol. The zero-order chi connectivity index (χ0) is 22.8. The Kier molecular flexibility index (Phi) is 7.27. The molecule has 8 heteroatoms. The van der Waals surface area contributed by atoms with Gasteiger partial charge in [-0.15, -0.1) is 0 Å². The van der Waals surface area contributed by atoms with Crippen molar-refractivity contribution in [3.8, 4) is 5.75 Å². The molecule has 0 aliphatic carbocycles. The molecule has 0 unspecified atom stereocenters. The highest BCUT2D eigenvalue weighted by atomic mass is 79.9. The van der Waals surface area contributed by atoms with Crippen molar-refractivity contribution in [2.45, 2.75) is 13.5 Å². The van der Waals surface area contributed by atoms with Gasteiger partial charge in [0, 0.05) is 15.6 Å². The summed E-state index contributed by atoms with van der Waals surface area (Å²) in [5.74, 6) is 0.545. The van der Waals surface area contributed by atoms with Crippen molar-refractivity contribution in [2.75, 3.05) is 4.90 Å². The van der Waals surface area contributed by atoms with Crippen LogP contribution < -0.4 is 9.64 Å². The summed E-state index contributed by atoms with van der Waals surface area (Å²) in [4.78, 5) is 15.2. The number of carbonyl (C=O) groups is 1. The van der Waals surface area contributed by atoms with Crippen molar-refractivity contribution in [2.24, 2.45) is 0 Å². The van der Waals surface area contributed by atoms with E-state index >= 15 is 0 Å². The topological polar surface area (TPSA) is 29.5 Å². The minimum absolute atomic E-state index is 0.122. The molecule has 3 nitrogen and oxygen atoms in total. The molecule has 0 spiro atoms. The molecule has 1 fully saturated rings. The number of amides is 1. The first-order chi connectivity index (χ1) is 15.3. The van der Waals surface area contributed by atoms with Gasteiger partial charge in [0.15, 0.2) is 4.32 Å². The molecular formula is C24H16BrCl2NO2S2. The second kappa shape index (κ2) is 9.98. The Labute approximate surface area is 214 Å². The van der Waals surface area contributed by atoms with Crippen molar-refractivity contribution in [3.05, 3.63) is 96.8 Å². The molecule has 1 aliphatic rings. The number of ether oxygens (including phenoxy) is 1. The van der Waals surface area contributed by atoms with Gasteiger partial charge in [0.05, 0.1) is 15.1 Å². The number of thioether (sulfide) groups is 1. The molecule has 3 aromatic rings. The molecule has 1 heterocycles. The van der Waals surface area contributed by atoms with Gasteiger partial charge in [-0.25, -0.2) is 0 Å². The molecule has 162 valence electrons. The Bertz CT molecular complexity index is 1260. The molecule has 0 radical (unpaired) electrons. The van der Waals surface area contributed by atoms with Crippen LogP contribution in [-0.4, -0.2) is 10.2 Å². The van der Waals surface area contributed by atoms with E-state index in [1.165, 1.54) is 11.8 Å². The van der Waals surface area contributed by atoms with Crippen LogP contribution in [0.15, 0.2) is 70.0 Å². The first-order valence-electron chi connectivity index (χ1n) is 9.53. The van der Waals surface area contributed by atoms with Crippen LogP contribution in [0.2, 0.25) is 10.0 Å². The summed E-state index contributed by atoms with van der Waals surface area (Å²) in [5, 5.41) is 1.14. The number of halogens is 3. The number of thiocarbonyl (C=S) groups is 1. The summed E-state index contributed by atoms with van der Waals surface area (Å²) < 4.78 is 7.19. The number of nitrogens with zero attached hydrogens (tertiary/aromatic N) is 1. The molecule has 4 rings (SSSR count). The van der Waals surface area contributed by atoms with E-state index in [0.29, 0.717) is 31.6 Å². The minimum atomic E-state index is -0.122. The Morgan fingerprint density at radius 2 is 1.91 bits per heavy atom. The Morgan fingerprint density at radius 1 is 1.12 bits per heavy atom. The molecular weight excluding hydrogens is 549 g/mol. The van der Waals surface area contributed by atoms with Crippen LogP contribution in [0.4, 0.5) is 5.69 Å². The maximum atomic E-state index is 13.0. The van der Waals surface area contributed by atoms with E-state index in [9.17, 15) is 4.79 Å². The van der Waals surface area contributed by atoms with E-state index < -0.39 is 0 Å². The van der Waals surface area contributed by atoms with Crippen LogP contribution in [-0.2, 0) is 11.4 Å². The number of hydrogen-bond acceptors (Lipinski definition) is 4. The number of benzene rings is 3. The summed E-state index contributed by atoms with van der Waals surface area (Å²) >= 11 is 22.5. The highest BCUT2D eigenvalue weighted by Crippen LogP contribution is 2.38. The summed E-state index contributed by atoms with van der Waals surface area (Å²) in [7, 11) is 0. The van der Waals surface area contributed by atoms with Crippen molar-refractivity contribution in [1.82, 2.24) is 0 Å². The number of hydrogen-bond donors (Lipinski definition) is 0. The highest BCUT2D eigenvalue weighted by molar-refractivity contribution is 9.10.